The molecule has 0 saturated carbocycles. The van der Waals surface area contributed by atoms with Gasteiger partial charge in [-0.1, -0.05) is 13.3 Å². The molecule has 4 rings (SSSR count). The van der Waals surface area contributed by atoms with E-state index in [1.807, 2.05) is 6.92 Å². The Balaban J connectivity index is 1.51. The average molecular weight is 398 g/mol. The molecule has 0 radical (unpaired) electrons. The molecule has 0 spiro atoms. The zero-order valence-corrected chi connectivity index (χ0v) is 15.3. The first kappa shape index (κ1) is 18.8. The van der Waals surface area contributed by atoms with E-state index >= 15 is 0 Å². The molecule has 2 aromatic rings. The van der Waals surface area contributed by atoms with Crippen LogP contribution in [0.5, 0.6) is 0 Å². The van der Waals surface area contributed by atoms with Gasteiger partial charge < -0.3 is 15.0 Å². The quantitative estimate of drug-likeness (QED) is 0.779. The van der Waals surface area contributed by atoms with Crippen LogP contribution in [0.15, 0.2) is 12.4 Å². The van der Waals surface area contributed by atoms with E-state index in [2.05, 4.69) is 20.5 Å². The molecule has 8 nitrogen and oxygen atoms in total. The van der Waals surface area contributed by atoms with Crippen molar-refractivity contribution in [3.8, 4) is 0 Å². The van der Waals surface area contributed by atoms with E-state index in [1.54, 1.807) is 4.90 Å². The maximum atomic E-state index is 13.1. The number of unbranched alkanes of at least 4 members (excludes halogenated alkanes) is 1. The van der Waals surface area contributed by atoms with Crippen molar-refractivity contribution >= 4 is 17.6 Å². The van der Waals surface area contributed by atoms with Crippen molar-refractivity contribution in [2.24, 2.45) is 0 Å². The van der Waals surface area contributed by atoms with E-state index in [-0.39, 0.29) is 35.7 Å². The first-order chi connectivity index (χ1) is 13.4. The number of alkyl halides is 3. The van der Waals surface area contributed by atoms with Crippen molar-refractivity contribution < 1.29 is 22.7 Å². The second-order valence-electron chi connectivity index (χ2n) is 7.15. The maximum Gasteiger partial charge on any atom is 0.452 e. The van der Waals surface area contributed by atoms with Gasteiger partial charge in [-0.3, -0.25) is 4.40 Å². The fraction of sp³-hybridized carbons (Fsp3) is 0.647. The van der Waals surface area contributed by atoms with E-state index in [1.165, 1.54) is 12.4 Å². The number of carbonyl (C=O) groups excluding carboxylic acids is 1. The summed E-state index contributed by atoms with van der Waals surface area (Å²) in [4.78, 5) is 18.3. The number of hydrogen-bond acceptors (Lipinski definition) is 6. The van der Waals surface area contributed by atoms with Crippen molar-refractivity contribution in [1.82, 2.24) is 24.5 Å². The minimum absolute atomic E-state index is 0.00895. The molecular formula is C17H21F3N6O2. The van der Waals surface area contributed by atoms with Crippen LogP contribution in [0, 0.1) is 0 Å². The van der Waals surface area contributed by atoms with Crippen molar-refractivity contribution in [3.05, 3.63) is 18.2 Å². The SMILES string of the molecule is CCCCOC(=O)N1C2CCC1C(Nc1nccn3c(C(F)(F)F)nnc13)C2. The lowest BCUT2D eigenvalue weighted by molar-refractivity contribution is -0.145. The third-order valence-electron chi connectivity index (χ3n) is 5.37. The van der Waals surface area contributed by atoms with E-state index < -0.39 is 12.0 Å². The monoisotopic (exact) mass is 398 g/mol. The molecule has 11 heteroatoms. The molecule has 2 bridgehead atoms. The number of aromatic nitrogens is 4. The van der Waals surface area contributed by atoms with Crippen LogP contribution in [0.3, 0.4) is 0 Å². The number of nitrogens with one attached hydrogen (secondary N) is 1. The van der Waals surface area contributed by atoms with Crippen LogP contribution in [0.1, 0.15) is 44.9 Å². The zero-order chi connectivity index (χ0) is 19.9. The Kier molecular flexibility index (Phi) is 4.76. The fourth-order valence-corrected chi connectivity index (χ4v) is 4.10. The van der Waals surface area contributed by atoms with Gasteiger partial charge in [-0.15, -0.1) is 10.2 Å². The van der Waals surface area contributed by atoms with Gasteiger partial charge in [-0.2, -0.15) is 13.2 Å². The van der Waals surface area contributed by atoms with Gasteiger partial charge in [0, 0.05) is 18.4 Å². The summed E-state index contributed by atoms with van der Waals surface area (Å²) in [5, 5.41) is 10.1. The number of halogens is 3. The summed E-state index contributed by atoms with van der Waals surface area (Å²) in [7, 11) is 0. The third-order valence-corrected chi connectivity index (χ3v) is 5.37. The van der Waals surface area contributed by atoms with Crippen LogP contribution in [0.4, 0.5) is 23.8 Å². The van der Waals surface area contributed by atoms with Gasteiger partial charge in [0.25, 0.3) is 0 Å². The average Bonchev–Trinajstić information content (AvgIpc) is 3.34. The van der Waals surface area contributed by atoms with Crippen molar-refractivity contribution in [1.29, 1.82) is 0 Å². The minimum atomic E-state index is -4.61. The summed E-state index contributed by atoms with van der Waals surface area (Å²) in [6.07, 6.45) is 1.69. The molecule has 1 amide bonds. The summed E-state index contributed by atoms with van der Waals surface area (Å²) < 4.78 is 45.4. The summed E-state index contributed by atoms with van der Waals surface area (Å²) in [6, 6.07) is -0.131. The number of anilines is 1. The predicted octanol–water partition coefficient (Wildman–Crippen LogP) is 3.10. The molecule has 28 heavy (non-hydrogen) atoms. The van der Waals surface area contributed by atoms with E-state index in [4.69, 9.17) is 4.74 Å². The smallest absolute Gasteiger partial charge is 0.449 e. The third kappa shape index (κ3) is 3.22. The van der Waals surface area contributed by atoms with Crippen LogP contribution in [-0.4, -0.2) is 55.3 Å². The topological polar surface area (TPSA) is 84.7 Å². The fourth-order valence-electron chi connectivity index (χ4n) is 4.10. The molecular weight excluding hydrogens is 377 g/mol. The summed E-state index contributed by atoms with van der Waals surface area (Å²) in [5.41, 5.74) is 0.00895. The summed E-state index contributed by atoms with van der Waals surface area (Å²) in [6.45, 7) is 2.42. The molecule has 4 heterocycles. The van der Waals surface area contributed by atoms with Gasteiger partial charge in [-0.25, -0.2) is 9.78 Å². The number of ether oxygens (including phenoxy) is 1. The molecule has 2 fully saturated rings. The lowest BCUT2D eigenvalue weighted by Gasteiger charge is -2.24. The molecule has 2 aliphatic heterocycles. The second-order valence-corrected chi connectivity index (χ2v) is 7.15. The Morgan fingerprint density at radius 2 is 2.18 bits per heavy atom. The lowest BCUT2D eigenvalue weighted by Crippen LogP contribution is -2.40. The Hall–Kier alpha value is -2.59. The highest BCUT2D eigenvalue weighted by molar-refractivity contribution is 5.70. The highest BCUT2D eigenvalue weighted by Crippen LogP contribution is 2.40. The van der Waals surface area contributed by atoms with Gasteiger partial charge >= 0.3 is 12.3 Å². The van der Waals surface area contributed by atoms with Gasteiger partial charge in [0.2, 0.25) is 11.5 Å². The standard InChI is InChI=1S/C17H21F3N6O2/c1-2-3-8-28-16(27)26-10-4-5-12(26)11(9-10)22-13-14-23-24-15(17(18,19)20)25(14)7-6-21-13/h6-7,10-12H,2-5,8-9H2,1H3,(H,21,22). The number of rotatable bonds is 5. The minimum Gasteiger partial charge on any atom is -0.449 e. The second kappa shape index (κ2) is 7.10. The number of fused-ring (bicyclic) bond motifs is 3. The van der Waals surface area contributed by atoms with Gasteiger partial charge in [0.1, 0.15) is 0 Å². The van der Waals surface area contributed by atoms with Crippen LogP contribution < -0.4 is 5.32 Å². The summed E-state index contributed by atoms with van der Waals surface area (Å²) >= 11 is 0. The van der Waals surface area contributed by atoms with E-state index in [0.717, 1.165) is 30.1 Å². The number of carbonyl (C=O) groups is 1. The molecule has 0 aliphatic carbocycles. The molecule has 3 atom stereocenters. The van der Waals surface area contributed by atoms with Crippen LogP contribution in [0.25, 0.3) is 5.65 Å². The normalized spacial score (nSPS) is 24.1. The molecule has 2 saturated heterocycles. The van der Waals surface area contributed by atoms with Gasteiger partial charge in [0.05, 0.1) is 18.7 Å². The maximum absolute atomic E-state index is 13.1. The number of amides is 1. The predicted molar refractivity (Wildman–Crippen MR) is 92.7 cm³/mol. The number of hydrogen-bond donors (Lipinski definition) is 1. The molecule has 3 unspecified atom stereocenters. The Morgan fingerprint density at radius 3 is 2.93 bits per heavy atom. The molecule has 152 valence electrons. The zero-order valence-electron chi connectivity index (χ0n) is 15.3. The van der Waals surface area contributed by atoms with Crippen LogP contribution in [0.2, 0.25) is 0 Å². The molecule has 2 aliphatic rings. The van der Waals surface area contributed by atoms with Crippen molar-refractivity contribution in [2.75, 3.05) is 11.9 Å². The lowest BCUT2D eigenvalue weighted by atomic mass is 9.95. The number of nitrogens with zero attached hydrogens (tertiary/aromatic N) is 5. The Morgan fingerprint density at radius 1 is 1.36 bits per heavy atom. The van der Waals surface area contributed by atoms with Gasteiger partial charge in [0.15, 0.2) is 5.82 Å². The largest absolute Gasteiger partial charge is 0.452 e. The molecule has 2 aromatic heterocycles. The van der Waals surface area contributed by atoms with E-state index in [0.29, 0.717) is 13.0 Å². The van der Waals surface area contributed by atoms with Gasteiger partial charge in [-0.05, 0) is 25.7 Å². The van der Waals surface area contributed by atoms with E-state index in [9.17, 15) is 18.0 Å². The molecule has 1 N–H and O–H groups in total. The van der Waals surface area contributed by atoms with Crippen LogP contribution in [-0.2, 0) is 10.9 Å². The van der Waals surface area contributed by atoms with Crippen molar-refractivity contribution in [3.63, 3.8) is 0 Å². The van der Waals surface area contributed by atoms with Crippen LogP contribution >= 0.6 is 0 Å². The highest BCUT2D eigenvalue weighted by Gasteiger charge is 2.49. The van der Waals surface area contributed by atoms with Crippen molar-refractivity contribution in [2.45, 2.75) is 63.3 Å². The first-order valence-electron chi connectivity index (χ1n) is 9.38. The first-order valence-corrected chi connectivity index (χ1v) is 9.38. The summed E-state index contributed by atoms with van der Waals surface area (Å²) in [5.74, 6) is -0.871. The highest BCUT2D eigenvalue weighted by atomic mass is 19.4. The Bertz CT molecular complexity index is 870. The molecule has 0 aromatic carbocycles. The Labute approximate surface area is 159 Å².